The maximum absolute atomic E-state index is 8.05. The van der Waals surface area contributed by atoms with E-state index in [-0.39, 0.29) is 12.9 Å². The van der Waals surface area contributed by atoms with Crippen LogP contribution in [-0.2, 0) is 16.7 Å². The number of nitrogens with zero attached hydrogens (tertiary/aromatic N) is 1. The number of nitriles is 1. The van der Waals surface area contributed by atoms with Crippen LogP contribution < -0.4 is 0 Å². The van der Waals surface area contributed by atoms with Gasteiger partial charge in [0.05, 0.1) is 0 Å². The molecule has 0 amide bonds. The third-order valence-electron chi connectivity index (χ3n) is 0.486. The fourth-order valence-electron chi connectivity index (χ4n) is 0.211. The van der Waals surface area contributed by atoms with Gasteiger partial charge in [-0.1, -0.05) is 0 Å². The molecule has 0 aromatic rings. The predicted octanol–water partition coefficient (Wildman–Crippen LogP) is 1.10. The van der Waals surface area contributed by atoms with Crippen molar-refractivity contribution in [2.75, 3.05) is 6.61 Å². The van der Waals surface area contributed by atoms with Crippen molar-refractivity contribution in [3.63, 3.8) is 0 Å². The number of hydrogen-bond acceptors (Lipinski definition) is 3. The minimum atomic E-state index is -0.323. The molecule has 0 N–H and O–H groups in total. The first-order chi connectivity index (χ1) is 3.43. The molecule has 0 aliphatic carbocycles. The van der Waals surface area contributed by atoms with Crippen molar-refractivity contribution < 1.29 is 16.7 Å². The van der Waals surface area contributed by atoms with Crippen LogP contribution in [0.25, 0.3) is 0 Å². The first-order valence-corrected chi connectivity index (χ1v) is 4.84. The molecule has 0 aromatic heterocycles. The molecule has 0 atom stereocenters. The van der Waals surface area contributed by atoms with Gasteiger partial charge in [-0.15, -0.1) is 0 Å². The molecule has 1 rings (SSSR count). The molecule has 1 aliphatic heterocycles. The van der Waals surface area contributed by atoms with Crippen LogP contribution in [-0.4, -0.2) is 6.61 Å². The second-order valence-electron chi connectivity index (χ2n) is 0.874. The fourth-order valence-corrected chi connectivity index (χ4v) is 2.05. The summed E-state index contributed by atoms with van der Waals surface area (Å²) in [4.78, 5) is 0. The molecule has 0 spiro atoms. The van der Waals surface area contributed by atoms with Gasteiger partial charge in [0.2, 0.25) is 0 Å². The van der Waals surface area contributed by atoms with Crippen LogP contribution in [0.4, 0.5) is 0 Å². The van der Waals surface area contributed by atoms with Crippen molar-refractivity contribution in [1.82, 2.24) is 0 Å². The second kappa shape index (κ2) is 2.57. The Morgan fingerprint density at radius 2 is 2.57 bits per heavy atom. The van der Waals surface area contributed by atoms with Gasteiger partial charge in [-0.3, -0.25) is 0 Å². The van der Waals surface area contributed by atoms with Gasteiger partial charge in [0, 0.05) is 0 Å². The molecule has 7 heavy (non-hydrogen) atoms. The van der Waals surface area contributed by atoms with Crippen LogP contribution in [0.2, 0.25) is 5.36 Å². The Morgan fingerprint density at radius 1 is 1.86 bits per heavy atom. The Bertz CT molecular complexity index is 97.6. The van der Waals surface area contributed by atoms with E-state index < -0.39 is 0 Å². The summed E-state index contributed by atoms with van der Waals surface area (Å²) >= 11 is -0.323. The summed E-state index contributed by atoms with van der Waals surface area (Å²) in [5.74, 6) is 0. The van der Waals surface area contributed by atoms with Crippen LogP contribution in [0.15, 0.2) is 0 Å². The molecule has 0 radical (unpaired) electrons. The van der Waals surface area contributed by atoms with Crippen LogP contribution >= 0.6 is 10.2 Å². The van der Waals surface area contributed by atoms with Crippen molar-refractivity contribution in [2.45, 2.75) is 5.36 Å². The van der Waals surface area contributed by atoms with Crippen molar-refractivity contribution in [1.29, 1.82) is 5.26 Å². The normalized spacial score (nSPS) is 23.0. The van der Waals surface area contributed by atoms with Gasteiger partial charge in [0.15, 0.2) is 0 Å². The average Bonchev–Trinajstić information content (AvgIpc) is 1.55. The minimum absolute atomic E-state index is 0.323. The van der Waals surface area contributed by atoms with Crippen molar-refractivity contribution >= 4 is 10.2 Å². The van der Waals surface area contributed by atoms with Gasteiger partial charge in [-0.05, 0) is 0 Å². The van der Waals surface area contributed by atoms with Gasteiger partial charge in [-0.25, -0.2) is 0 Å². The zero-order valence-corrected chi connectivity index (χ0v) is 5.37. The van der Waals surface area contributed by atoms with Gasteiger partial charge in [0.1, 0.15) is 0 Å². The molecule has 0 bridgehead atoms. The molecule has 1 heterocycles. The van der Waals surface area contributed by atoms with Crippen LogP contribution in [0.3, 0.4) is 0 Å². The third kappa shape index (κ3) is 1.35. The number of thiocyanates is 1. The monoisotopic (exact) mass is 161 g/mol. The van der Waals surface area contributed by atoms with Crippen molar-refractivity contribution in [2.24, 2.45) is 0 Å². The SMILES string of the molecule is N#C[S][Co]1[CH2]C[O]1. The third-order valence-corrected chi connectivity index (χ3v) is 3.76. The van der Waals surface area contributed by atoms with E-state index in [1.54, 1.807) is 0 Å². The summed E-state index contributed by atoms with van der Waals surface area (Å²) in [6.45, 7) is 0.860. The average molecular weight is 161 g/mol. The second-order valence-corrected chi connectivity index (χ2v) is 4.68. The number of rotatable bonds is 1. The van der Waals surface area contributed by atoms with E-state index in [9.17, 15) is 0 Å². The van der Waals surface area contributed by atoms with Crippen LogP contribution in [0.1, 0.15) is 0 Å². The maximum atomic E-state index is 8.05. The molecular formula is C3H4CoNOS. The summed E-state index contributed by atoms with van der Waals surface area (Å²) in [6, 6.07) is 0. The summed E-state index contributed by atoms with van der Waals surface area (Å²) in [6.07, 6.45) is 0. The Balaban J connectivity index is 2.06. The van der Waals surface area contributed by atoms with E-state index >= 15 is 0 Å². The Hall–Kier alpha value is 0.306. The quantitative estimate of drug-likeness (QED) is 0.540. The van der Waals surface area contributed by atoms with E-state index in [4.69, 9.17) is 9.11 Å². The van der Waals surface area contributed by atoms with Crippen LogP contribution in [0, 0.1) is 10.7 Å². The molecule has 2 nitrogen and oxygen atoms in total. The summed E-state index contributed by atoms with van der Waals surface area (Å²) < 4.78 is 4.97. The molecule has 0 unspecified atom stereocenters. The first-order valence-electron chi connectivity index (χ1n) is 1.72. The zero-order valence-electron chi connectivity index (χ0n) is 3.51. The summed E-state index contributed by atoms with van der Waals surface area (Å²) in [5, 5.41) is 11.1. The topological polar surface area (TPSA) is 33.0 Å². The predicted molar refractivity (Wildman–Crippen MR) is 24.0 cm³/mol. The Morgan fingerprint density at radius 3 is 2.71 bits per heavy atom. The summed E-state index contributed by atoms with van der Waals surface area (Å²) in [7, 11) is 1.26. The zero-order chi connectivity index (χ0) is 5.11. The van der Waals surface area contributed by atoms with Crippen molar-refractivity contribution in [3.05, 3.63) is 0 Å². The number of hydrogen-bond donors (Lipinski definition) is 0. The van der Waals surface area contributed by atoms with Crippen molar-refractivity contribution in [3.8, 4) is 5.40 Å². The van der Waals surface area contributed by atoms with E-state index in [2.05, 4.69) is 0 Å². The first kappa shape index (κ1) is 5.44. The molecule has 1 fully saturated rings. The van der Waals surface area contributed by atoms with E-state index in [0.29, 0.717) is 0 Å². The molecule has 4 heteroatoms. The van der Waals surface area contributed by atoms with Gasteiger partial charge in [-0.2, -0.15) is 0 Å². The summed E-state index contributed by atoms with van der Waals surface area (Å²) in [5.41, 5.74) is 0. The molecule has 0 aromatic carbocycles. The van der Waals surface area contributed by atoms with Gasteiger partial charge >= 0.3 is 49.6 Å². The van der Waals surface area contributed by atoms with E-state index in [0.717, 1.165) is 12.0 Å². The van der Waals surface area contributed by atoms with Gasteiger partial charge < -0.3 is 0 Å². The van der Waals surface area contributed by atoms with E-state index in [1.165, 1.54) is 10.2 Å². The molecule has 0 saturated carbocycles. The standard InChI is InChI=1S/C2H4O.CHNS.Co/c1-2-3;2-1-3;/h1-2H2;3H;/q-1;;+2/p-1. The molecular weight excluding hydrogens is 157 g/mol. The van der Waals surface area contributed by atoms with E-state index in [1.807, 2.05) is 5.40 Å². The molecule has 1 saturated heterocycles. The fraction of sp³-hybridized carbons (Fsp3) is 0.667. The molecule has 1 aliphatic rings. The van der Waals surface area contributed by atoms with Crippen LogP contribution in [0.5, 0.6) is 0 Å². The van der Waals surface area contributed by atoms with Gasteiger partial charge in [0.25, 0.3) is 0 Å². The molecule has 42 valence electrons. The Kier molecular flexibility index (Phi) is 2.00. The Labute approximate surface area is 50.0 Å².